The van der Waals surface area contributed by atoms with Gasteiger partial charge in [-0.15, -0.1) is 0 Å². The first-order chi connectivity index (χ1) is 14.3. The maximum absolute atomic E-state index is 12.0. The average molecular weight is 409 g/mol. The Kier molecular flexibility index (Phi) is 6.20. The van der Waals surface area contributed by atoms with Crippen LogP contribution in [0.5, 0.6) is 11.5 Å². The molecule has 0 saturated heterocycles. The predicted octanol–water partition coefficient (Wildman–Crippen LogP) is 2.85. The van der Waals surface area contributed by atoms with Gasteiger partial charge in [0.1, 0.15) is 17.5 Å². The molecule has 3 rings (SSSR count). The van der Waals surface area contributed by atoms with Gasteiger partial charge in [-0.05, 0) is 42.7 Å². The normalized spacial score (nSPS) is 12.0. The number of hydrogen-bond donors (Lipinski definition) is 2. The molecule has 30 heavy (non-hydrogen) atoms. The van der Waals surface area contributed by atoms with E-state index < -0.39 is 22.9 Å². The highest BCUT2D eigenvalue weighted by Crippen LogP contribution is 2.29. The average Bonchev–Trinajstić information content (AvgIpc) is 2.75. The zero-order valence-corrected chi connectivity index (χ0v) is 17.0. The van der Waals surface area contributed by atoms with E-state index in [1.807, 2.05) is 36.4 Å². The fourth-order valence-electron chi connectivity index (χ4n) is 3.21. The Morgan fingerprint density at radius 1 is 1.07 bits per heavy atom. The molecule has 0 radical (unpaired) electrons. The first-order valence-electron chi connectivity index (χ1n) is 9.53. The summed E-state index contributed by atoms with van der Waals surface area (Å²) in [5, 5.41) is 12.5. The lowest BCUT2D eigenvalue weighted by molar-refractivity contribution is -0.137. The van der Waals surface area contributed by atoms with E-state index >= 15 is 0 Å². The lowest BCUT2D eigenvalue weighted by Crippen LogP contribution is -2.42. The molecule has 7 heteroatoms. The van der Waals surface area contributed by atoms with Crippen LogP contribution in [-0.2, 0) is 11.2 Å². The van der Waals surface area contributed by atoms with Gasteiger partial charge in [-0.1, -0.05) is 36.4 Å². The fraction of sp³-hybridized carbons (Fsp3) is 0.261. The molecule has 0 heterocycles. The molecule has 0 aliphatic heterocycles. The van der Waals surface area contributed by atoms with Crippen molar-refractivity contribution >= 4 is 11.7 Å². The van der Waals surface area contributed by atoms with E-state index in [1.165, 1.54) is 7.11 Å². The van der Waals surface area contributed by atoms with E-state index in [1.54, 1.807) is 26.0 Å². The Hall–Kier alpha value is -3.61. The van der Waals surface area contributed by atoms with Gasteiger partial charge in [-0.25, -0.2) is 4.79 Å². The van der Waals surface area contributed by atoms with Crippen molar-refractivity contribution in [2.24, 2.45) is 0 Å². The quantitative estimate of drug-likeness (QED) is 0.524. The lowest BCUT2D eigenvalue weighted by atomic mass is 9.94. The second kappa shape index (κ2) is 8.82. The summed E-state index contributed by atoms with van der Waals surface area (Å²) in [5.41, 5.74) is 0.897. The lowest BCUT2D eigenvalue weighted by Gasteiger charge is -2.21. The van der Waals surface area contributed by atoms with Crippen LogP contribution in [0.2, 0.25) is 0 Å². The number of aliphatic carboxylic acids is 1. The van der Waals surface area contributed by atoms with Crippen LogP contribution in [0.15, 0.2) is 58.1 Å². The van der Waals surface area contributed by atoms with Crippen LogP contribution >= 0.6 is 0 Å². The predicted molar refractivity (Wildman–Crippen MR) is 114 cm³/mol. The number of anilines is 1. The summed E-state index contributed by atoms with van der Waals surface area (Å²) in [5.74, 6) is -0.678. The van der Waals surface area contributed by atoms with Crippen LogP contribution in [0.25, 0.3) is 11.1 Å². The first kappa shape index (κ1) is 21.1. The summed E-state index contributed by atoms with van der Waals surface area (Å²) in [6.07, 6.45) is -0.253. The smallest absolute Gasteiger partial charge is 0.326 e. The highest BCUT2D eigenvalue weighted by molar-refractivity contribution is 5.80. The maximum Gasteiger partial charge on any atom is 0.326 e. The van der Waals surface area contributed by atoms with E-state index in [9.17, 15) is 19.5 Å². The van der Waals surface area contributed by atoms with Crippen molar-refractivity contribution in [1.82, 2.24) is 0 Å². The molecular formula is C23H23NO6. The second-order valence-electron chi connectivity index (χ2n) is 7.16. The molecule has 0 aliphatic carbocycles. The number of carbonyl (C=O) groups is 1. The molecule has 3 aromatic rings. The molecule has 2 N–H and O–H groups in total. The standard InChI is InChI=1S/C23H23NO6/c1-13(2)30-22-19(20(25)21(22)26)24-18(23(27)28)12-15-11-16(29-3)9-10-17(15)14-7-5-4-6-8-14/h4-11,13,18,24H,12H2,1-3H3,(H,27,28). The van der Waals surface area contributed by atoms with Gasteiger partial charge in [0, 0.05) is 6.42 Å². The number of nitrogens with one attached hydrogen (secondary N) is 1. The van der Waals surface area contributed by atoms with Crippen LogP contribution in [0, 0.1) is 0 Å². The monoisotopic (exact) mass is 409 g/mol. The molecule has 3 aromatic carbocycles. The highest BCUT2D eigenvalue weighted by atomic mass is 16.5. The first-order valence-corrected chi connectivity index (χ1v) is 9.53. The van der Waals surface area contributed by atoms with E-state index in [4.69, 9.17) is 9.47 Å². The number of methoxy groups -OCH3 is 1. The minimum atomic E-state index is -1.15. The summed E-state index contributed by atoms with van der Waals surface area (Å²) in [7, 11) is 1.53. The number of hydrogen-bond acceptors (Lipinski definition) is 6. The van der Waals surface area contributed by atoms with Crippen LogP contribution in [-0.4, -0.2) is 30.3 Å². The van der Waals surface area contributed by atoms with Crippen molar-refractivity contribution in [1.29, 1.82) is 0 Å². The molecule has 7 nitrogen and oxygen atoms in total. The maximum atomic E-state index is 12.0. The van der Waals surface area contributed by atoms with Crippen LogP contribution < -0.4 is 25.6 Å². The Morgan fingerprint density at radius 3 is 2.37 bits per heavy atom. The SMILES string of the molecule is COc1ccc(-c2ccccc2)c(CC(Nc2c(OC(C)C)c(=O)c2=O)C(=O)O)c1. The molecule has 0 spiro atoms. The highest BCUT2D eigenvalue weighted by Gasteiger charge is 2.29. The van der Waals surface area contributed by atoms with Gasteiger partial charge in [0.25, 0.3) is 10.9 Å². The summed E-state index contributed by atoms with van der Waals surface area (Å²) in [6.45, 7) is 3.44. The zero-order valence-electron chi connectivity index (χ0n) is 17.0. The molecule has 0 aliphatic rings. The summed E-state index contributed by atoms with van der Waals surface area (Å²) in [6, 6.07) is 13.9. The topological polar surface area (TPSA) is 102 Å². The summed E-state index contributed by atoms with van der Waals surface area (Å²) >= 11 is 0. The minimum absolute atomic E-state index is 0.0662. The number of benzene rings is 2. The van der Waals surface area contributed by atoms with Crippen LogP contribution in [0.1, 0.15) is 19.4 Å². The largest absolute Gasteiger partial charge is 0.497 e. The molecule has 156 valence electrons. The van der Waals surface area contributed by atoms with Gasteiger partial charge in [0.15, 0.2) is 5.75 Å². The third kappa shape index (κ3) is 4.35. The Bertz CT molecular complexity index is 1110. The Labute approximate surface area is 173 Å². The summed E-state index contributed by atoms with van der Waals surface area (Å²) in [4.78, 5) is 35.7. The Morgan fingerprint density at radius 2 is 1.77 bits per heavy atom. The van der Waals surface area contributed by atoms with E-state index in [0.29, 0.717) is 5.75 Å². The third-order valence-corrected chi connectivity index (χ3v) is 4.66. The van der Waals surface area contributed by atoms with Gasteiger partial charge < -0.3 is 19.9 Å². The van der Waals surface area contributed by atoms with Crippen molar-refractivity contribution in [2.75, 3.05) is 12.4 Å². The van der Waals surface area contributed by atoms with Gasteiger partial charge in [-0.2, -0.15) is 0 Å². The summed E-state index contributed by atoms with van der Waals surface area (Å²) < 4.78 is 10.7. The fourth-order valence-corrected chi connectivity index (χ4v) is 3.21. The molecule has 0 fully saturated rings. The third-order valence-electron chi connectivity index (χ3n) is 4.66. The van der Waals surface area contributed by atoms with Gasteiger partial charge >= 0.3 is 5.97 Å². The van der Waals surface area contributed by atoms with E-state index in [2.05, 4.69) is 5.32 Å². The molecule has 0 saturated carbocycles. The number of ether oxygens (including phenoxy) is 2. The van der Waals surface area contributed by atoms with Crippen molar-refractivity contribution in [3.63, 3.8) is 0 Å². The molecule has 1 unspecified atom stereocenters. The van der Waals surface area contributed by atoms with Gasteiger partial charge in [0.05, 0.1) is 13.2 Å². The van der Waals surface area contributed by atoms with E-state index in [0.717, 1.165) is 16.7 Å². The number of rotatable bonds is 9. The number of carboxylic acids is 1. The van der Waals surface area contributed by atoms with Crippen LogP contribution in [0.3, 0.4) is 0 Å². The van der Waals surface area contributed by atoms with Gasteiger partial charge in [0.2, 0.25) is 0 Å². The molecule has 0 amide bonds. The van der Waals surface area contributed by atoms with E-state index in [-0.39, 0.29) is 24.0 Å². The number of carboxylic acid groups (broad SMARTS) is 1. The van der Waals surface area contributed by atoms with Crippen molar-refractivity contribution < 1.29 is 19.4 Å². The second-order valence-corrected chi connectivity index (χ2v) is 7.16. The van der Waals surface area contributed by atoms with Gasteiger partial charge in [-0.3, -0.25) is 9.59 Å². The minimum Gasteiger partial charge on any atom is -0.497 e. The molecule has 0 aromatic heterocycles. The molecular weight excluding hydrogens is 386 g/mol. The Balaban J connectivity index is 1.95. The molecule has 0 bridgehead atoms. The van der Waals surface area contributed by atoms with Crippen molar-refractivity contribution in [2.45, 2.75) is 32.4 Å². The van der Waals surface area contributed by atoms with Crippen molar-refractivity contribution in [3.05, 3.63) is 74.5 Å². The molecule has 1 atom stereocenters. The van der Waals surface area contributed by atoms with Crippen molar-refractivity contribution in [3.8, 4) is 22.6 Å². The van der Waals surface area contributed by atoms with Crippen LogP contribution in [0.4, 0.5) is 5.69 Å². The zero-order chi connectivity index (χ0) is 21.8.